The van der Waals surface area contributed by atoms with Gasteiger partial charge in [-0.3, -0.25) is 0 Å². The molecule has 1 aromatic heterocycles. The van der Waals surface area contributed by atoms with E-state index in [0.29, 0.717) is 21.2 Å². The maximum absolute atomic E-state index is 11.7. The van der Waals surface area contributed by atoms with Gasteiger partial charge in [0.05, 0.1) is 17.2 Å². The standard InChI is InChI=1S/C12H9Cl2NO3/c1-2-17-12(16)11-9(6-18-15-11)8-4-3-7(13)5-10(8)14/h3-6H,2H2,1H3. The van der Waals surface area contributed by atoms with Gasteiger partial charge in [0.15, 0.2) is 5.69 Å². The number of carbonyl (C=O) groups excluding carboxylic acids is 1. The van der Waals surface area contributed by atoms with E-state index in [-0.39, 0.29) is 12.3 Å². The summed E-state index contributed by atoms with van der Waals surface area (Å²) in [5, 5.41) is 4.56. The van der Waals surface area contributed by atoms with E-state index in [1.165, 1.54) is 6.26 Å². The molecule has 0 bridgehead atoms. The SMILES string of the molecule is CCOC(=O)c1nocc1-c1ccc(Cl)cc1Cl. The Morgan fingerprint density at radius 2 is 2.17 bits per heavy atom. The van der Waals surface area contributed by atoms with Gasteiger partial charge in [0, 0.05) is 10.6 Å². The number of benzene rings is 1. The first-order chi connectivity index (χ1) is 8.63. The molecule has 4 nitrogen and oxygen atoms in total. The molecule has 94 valence electrons. The largest absolute Gasteiger partial charge is 0.461 e. The summed E-state index contributed by atoms with van der Waals surface area (Å²) in [7, 11) is 0. The molecule has 0 aliphatic carbocycles. The maximum Gasteiger partial charge on any atom is 0.361 e. The molecule has 0 spiro atoms. The molecule has 0 aliphatic heterocycles. The molecule has 2 aromatic rings. The minimum Gasteiger partial charge on any atom is -0.461 e. The van der Waals surface area contributed by atoms with Crippen molar-refractivity contribution in [1.29, 1.82) is 0 Å². The lowest BCUT2D eigenvalue weighted by Crippen LogP contribution is -2.06. The Hall–Kier alpha value is -1.52. The minimum absolute atomic E-state index is 0.0982. The van der Waals surface area contributed by atoms with Gasteiger partial charge in [0.25, 0.3) is 0 Å². The molecule has 1 aromatic carbocycles. The van der Waals surface area contributed by atoms with Gasteiger partial charge in [-0.25, -0.2) is 4.79 Å². The molecule has 1 heterocycles. The molecule has 0 unspecified atom stereocenters. The molecular formula is C12H9Cl2NO3. The summed E-state index contributed by atoms with van der Waals surface area (Å²) in [6.45, 7) is 1.98. The minimum atomic E-state index is -0.549. The fourth-order valence-electron chi connectivity index (χ4n) is 1.48. The third-order valence-corrected chi connectivity index (χ3v) is 2.81. The summed E-state index contributed by atoms with van der Waals surface area (Å²) in [6, 6.07) is 4.95. The lowest BCUT2D eigenvalue weighted by molar-refractivity contribution is 0.0515. The van der Waals surface area contributed by atoms with E-state index in [1.54, 1.807) is 25.1 Å². The highest BCUT2D eigenvalue weighted by Gasteiger charge is 2.20. The molecule has 6 heteroatoms. The van der Waals surface area contributed by atoms with Crippen molar-refractivity contribution in [2.45, 2.75) is 6.92 Å². The summed E-state index contributed by atoms with van der Waals surface area (Å²) in [6.07, 6.45) is 1.35. The number of esters is 1. The summed E-state index contributed by atoms with van der Waals surface area (Å²) >= 11 is 11.9. The van der Waals surface area contributed by atoms with Crippen LogP contribution < -0.4 is 0 Å². The third kappa shape index (κ3) is 2.49. The van der Waals surface area contributed by atoms with Crippen LogP contribution in [0.3, 0.4) is 0 Å². The topological polar surface area (TPSA) is 52.3 Å². The lowest BCUT2D eigenvalue weighted by Gasteiger charge is -2.04. The molecule has 18 heavy (non-hydrogen) atoms. The van der Waals surface area contributed by atoms with Crippen LogP contribution in [0.2, 0.25) is 10.0 Å². The van der Waals surface area contributed by atoms with Crippen LogP contribution in [0.5, 0.6) is 0 Å². The van der Waals surface area contributed by atoms with E-state index in [0.717, 1.165) is 0 Å². The van der Waals surface area contributed by atoms with Crippen LogP contribution in [0.1, 0.15) is 17.4 Å². The van der Waals surface area contributed by atoms with Gasteiger partial charge in [-0.2, -0.15) is 0 Å². The van der Waals surface area contributed by atoms with Crippen LogP contribution >= 0.6 is 23.2 Å². The molecule has 0 aliphatic rings. The first kappa shape index (κ1) is 12.9. The highest BCUT2D eigenvalue weighted by molar-refractivity contribution is 6.36. The van der Waals surface area contributed by atoms with Crippen LogP contribution in [0.4, 0.5) is 0 Å². The van der Waals surface area contributed by atoms with Gasteiger partial charge in [-0.15, -0.1) is 0 Å². The summed E-state index contributed by atoms with van der Waals surface area (Å²) < 4.78 is 9.69. The molecule has 0 amide bonds. The van der Waals surface area contributed by atoms with Gasteiger partial charge < -0.3 is 9.26 Å². The normalized spacial score (nSPS) is 10.4. The second kappa shape index (κ2) is 5.42. The average molecular weight is 286 g/mol. The summed E-state index contributed by atoms with van der Waals surface area (Å²) in [5.41, 5.74) is 1.20. The monoisotopic (exact) mass is 285 g/mol. The van der Waals surface area contributed by atoms with Crippen LogP contribution in [-0.4, -0.2) is 17.7 Å². The van der Waals surface area contributed by atoms with E-state index < -0.39 is 5.97 Å². The smallest absolute Gasteiger partial charge is 0.361 e. The molecule has 0 radical (unpaired) electrons. The van der Waals surface area contributed by atoms with Crippen molar-refractivity contribution >= 4 is 29.2 Å². The Labute approximate surface area is 113 Å². The van der Waals surface area contributed by atoms with E-state index in [9.17, 15) is 4.79 Å². The molecule has 0 saturated heterocycles. The number of halogens is 2. The van der Waals surface area contributed by atoms with Gasteiger partial charge in [0.1, 0.15) is 6.26 Å². The van der Waals surface area contributed by atoms with Gasteiger partial charge in [0.2, 0.25) is 0 Å². The molecule has 2 rings (SSSR count). The molecule has 0 atom stereocenters. The third-order valence-electron chi connectivity index (χ3n) is 2.26. The quantitative estimate of drug-likeness (QED) is 0.805. The van der Waals surface area contributed by atoms with Crippen molar-refractivity contribution in [3.63, 3.8) is 0 Å². The Bertz CT molecular complexity index is 580. The van der Waals surface area contributed by atoms with E-state index in [1.807, 2.05) is 0 Å². The molecule has 0 saturated carbocycles. The van der Waals surface area contributed by atoms with Gasteiger partial charge >= 0.3 is 5.97 Å². The number of nitrogens with zero attached hydrogens (tertiary/aromatic N) is 1. The number of ether oxygens (including phenoxy) is 1. The molecule has 0 N–H and O–H groups in total. The first-order valence-electron chi connectivity index (χ1n) is 5.20. The lowest BCUT2D eigenvalue weighted by atomic mass is 10.1. The van der Waals surface area contributed by atoms with E-state index in [2.05, 4.69) is 5.16 Å². The number of hydrogen-bond donors (Lipinski definition) is 0. The predicted octanol–water partition coefficient (Wildman–Crippen LogP) is 3.83. The van der Waals surface area contributed by atoms with Gasteiger partial charge in [-0.1, -0.05) is 34.4 Å². The fourth-order valence-corrected chi connectivity index (χ4v) is 1.99. The summed E-state index contributed by atoms with van der Waals surface area (Å²) in [4.78, 5) is 11.7. The average Bonchev–Trinajstić information content (AvgIpc) is 2.78. The van der Waals surface area contributed by atoms with Crippen LogP contribution in [0.15, 0.2) is 29.0 Å². The fraction of sp³-hybridized carbons (Fsp3) is 0.167. The van der Waals surface area contributed by atoms with E-state index in [4.69, 9.17) is 32.5 Å². The highest BCUT2D eigenvalue weighted by Crippen LogP contribution is 2.32. The van der Waals surface area contributed by atoms with Crippen LogP contribution in [0, 0.1) is 0 Å². The number of hydrogen-bond acceptors (Lipinski definition) is 4. The highest BCUT2D eigenvalue weighted by atomic mass is 35.5. The van der Waals surface area contributed by atoms with Gasteiger partial charge in [-0.05, 0) is 19.1 Å². The van der Waals surface area contributed by atoms with Crippen molar-refractivity contribution in [3.05, 3.63) is 40.2 Å². The predicted molar refractivity (Wildman–Crippen MR) is 67.9 cm³/mol. The van der Waals surface area contributed by atoms with Crippen molar-refractivity contribution in [1.82, 2.24) is 5.16 Å². The van der Waals surface area contributed by atoms with Crippen LogP contribution in [-0.2, 0) is 4.74 Å². The Balaban J connectivity index is 2.45. The first-order valence-corrected chi connectivity index (χ1v) is 5.96. The van der Waals surface area contributed by atoms with Crippen molar-refractivity contribution in [2.75, 3.05) is 6.61 Å². The zero-order valence-electron chi connectivity index (χ0n) is 9.44. The van der Waals surface area contributed by atoms with Crippen LogP contribution in [0.25, 0.3) is 11.1 Å². The number of rotatable bonds is 3. The number of aromatic nitrogens is 1. The second-order valence-corrected chi connectivity index (χ2v) is 4.27. The van der Waals surface area contributed by atoms with Crippen molar-refractivity contribution in [3.8, 4) is 11.1 Å². The van der Waals surface area contributed by atoms with Crippen molar-refractivity contribution in [2.24, 2.45) is 0 Å². The molecular weight excluding hydrogens is 277 g/mol. The van der Waals surface area contributed by atoms with Crippen molar-refractivity contribution < 1.29 is 14.1 Å². The molecule has 0 fully saturated rings. The summed E-state index contributed by atoms with van der Waals surface area (Å²) in [5.74, 6) is -0.549. The maximum atomic E-state index is 11.7. The Morgan fingerprint density at radius 1 is 1.39 bits per heavy atom. The zero-order chi connectivity index (χ0) is 13.1. The Kier molecular flexibility index (Phi) is 3.89. The second-order valence-electron chi connectivity index (χ2n) is 3.42. The number of carbonyl (C=O) groups is 1. The zero-order valence-corrected chi connectivity index (χ0v) is 11.0. The van der Waals surface area contributed by atoms with E-state index >= 15 is 0 Å². The Morgan fingerprint density at radius 3 is 2.83 bits per heavy atom.